The van der Waals surface area contributed by atoms with Crippen LogP contribution >= 0.6 is 15.9 Å². The van der Waals surface area contributed by atoms with Crippen molar-refractivity contribution in [3.05, 3.63) is 34.3 Å². The molecule has 4 rings (SSSR count). The number of carbonyl (C=O) groups excluding carboxylic acids is 2. The van der Waals surface area contributed by atoms with Gasteiger partial charge < -0.3 is 10.2 Å². The number of hydrogen-bond donors (Lipinski definition) is 1. The Balaban J connectivity index is 1.63. The fourth-order valence-corrected chi connectivity index (χ4v) is 4.41. The van der Waals surface area contributed by atoms with Gasteiger partial charge in [-0.05, 0) is 34.9 Å². The van der Waals surface area contributed by atoms with E-state index in [0.29, 0.717) is 11.8 Å². The number of carbonyl (C=O) groups is 2. The van der Waals surface area contributed by atoms with Gasteiger partial charge in [-0.2, -0.15) is 0 Å². The summed E-state index contributed by atoms with van der Waals surface area (Å²) in [4.78, 5) is 27.0. The van der Waals surface area contributed by atoms with Crippen LogP contribution in [-0.4, -0.2) is 29.3 Å². The summed E-state index contributed by atoms with van der Waals surface area (Å²) < 4.78 is 0.961. The first-order chi connectivity index (χ1) is 9.91. The molecule has 1 aromatic carbocycles. The van der Waals surface area contributed by atoms with Crippen LogP contribution < -0.4 is 5.32 Å². The molecule has 110 valence electrons. The van der Waals surface area contributed by atoms with E-state index in [1.165, 1.54) is 0 Å². The molecule has 2 saturated heterocycles. The Morgan fingerprint density at radius 1 is 1.24 bits per heavy atom. The highest BCUT2D eigenvalue weighted by Crippen LogP contribution is 2.65. The first kappa shape index (κ1) is 13.3. The van der Waals surface area contributed by atoms with Crippen molar-refractivity contribution >= 4 is 27.7 Å². The average molecular weight is 349 g/mol. The lowest BCUT2D eigenvalue weighted by Crippen LogP contribution is -2.59. The summed E-state index contributed by atoms with van der Waals surface area (Å²) in [7, 11) is 0. The molecule has 1 unspecified atom stereocenters. The molecule has 1 aliphatic carbocycles. The smallest absolute Gasteiger partial charge is 0.250 e. The maximum absolute atomic E-state index is 12.7. The Hall–Kier alpha value is -1.36. The van der Waals surface area contributed by atoms with Gasteiger partial charge in [-0.1, -0.05) is 41.9 Å². The van der Waals surface area contributed by atoms with Crippen LogP contribution in [0.3, 0.4) is 0 Å². The highest BCUT2D eigenvalue weighted by molar-refractivity contribution is 9.10. The summed E-state index contributed by atoms with van der Waals surface area (Å²) >= 11 is 3.38. The molecule has 2 aliphatic heterocycles. The van der Waals surface area contributed by atoms with Crippen molar-refractivity contribution in [3.63, 3.8) is 0 Å². The third kappa shape index (κ3) is 1.73. The van der Waals surface area contributed by atoms with E-state index < -0.39 is 6.04 Å². The summed E-state index contributed by atoms with van der Waals surface area (Å²) in [6, 6.07) is 6.76. The van der Waals surface area contributed by atoms with Crippen LogP contribution in [0.15, 0.2) is 28.7 Å². The summed E-state index contributed by atoms with van der Waals surface area (Å²) in [5.74, 6) is 0.832. The second-order valence-corrected chi connectivity index (χ2v) is 7.80. The topological polar surface area (TPSA) is 49.4 Å². The number of fused-ring (bicyclic) bond motifs is 3. The van der Waals surface area contributed by atoms with Gasteiger partial charge in [0.1, 0.15) is 12.1 Å². The normalized spacial score (nSPS) is 36.0. The molecule has 0 spiro atoms. The lowest BCUT2D eigenvalue weighted by molar-refractivity contribution is -0.149. The molecular formula is C16H17BrN2O2. The van der Waals surface area contributed by atoms with E-state index in [-0.39, 0.29) is 23.3 Å². The van der Waals surface area contributed by atoms with Gasteiger partial charge in [0.2, 0.25) is 5.91 Å². The van der Waals surface area contributed by atoms with Gasteiger partial charge in [-0.3, -0.25) is 9.59 Å². The predicted molar refractivity (Wildman–Crippen MR) is 81.3 cm³/mol. The number of benzene rings is 1. The van der Waals surface area contributed by atoms with Crippen molar-refractivity contribution in [1.82, 2.24) is 10.2 Å². The van der Waals surface area contributed by atoms with Crippen LogP contribution in [0.1, 0.15) is 25.5 Å². The Morgan fingerprint density at radius 2 is 1.90 bits per heavy atom. The highest BCUT2D eigenvalue weighted by atomic mass is 79.9. The van der Waals surface area contributed by atoms with Gasteiger partial charge in [-0.25, -0.2) is 0 Å². The van der Waals surface area contributed by atoms with Crippen molar-refractivity contribution in [1.29, 1.82) is 0 Å². The molecule has 1 N–H and O–H groups in total. The number of amides is 2. The third-order valence-electron chi connectivity index (χ3n) is 5.50. The van der Waals surface area contributed by atoms with Gasteiger partial charge in [0.25, 0.3) is 5.91 Å². The average Bonchev–Trinajstić information content (AvgIpc) is 2.83. The first-order valence-corrected chi connectivity index (χ1v) is 8.07. The number of nitrogens with zero attached hydrogens (tertiary/aromatic N) is 1. The minimum atomic E-state index is -0.539. The van der Waals surface area contributed by atoms with Crippen LogP contribution in [0.5, 0.6) is 0 Å². The minimum absolute atomic E-state index is 0.000550. The van der Waals surface area contributed by atoms with Crippen molar-refractivity contribution in [2.45, 2.75) is 25.9 Å². The van der Waals surface area contributed by atoms with Gasteiger partial charge >= 0.3 is 0 Å². The fraction of sp³-hybridized carbons (Fsp3) is 0.500. The zero-order valence-corrected chi connectivity index (χ0v) is 13.6. The molecule has 0 bridgehead atoms. The number of hydrogen-bond acceptors (Lipinski definition) is 2. The van der Waals surface area contributed by atoms with Crippen LogP contribution in [0.2, 0.25) is 0 Å². The molecule has 4 atom stereocenters. The van der Waals surface area contributed by atoms with Gasteiger partial charge in [0.05, 0.1) is 0 Å². The third-order valence-corrected chi connectivity index (χ3v) is 6.03. The van der Waals surface area contributed by atoms with E-state index in [4.69, 9.17) is 0 Å². The Kier molecular flexibility index (Phi) is 2.60. The van der Waals surface area contributed by atoms with Crippen LogP contribution in [0, 0.1) is 17.3 Å². The minimum Gasteiger partial charge on any atom is -0.339 e. The molecule has 0 radical (unpaired) electrons. The Morgan fingerprint density at radius 3 is 2.57 bits per heavy atom. The van der Waals surface area contributed by atoms with Crippen molar-refractivity contribution < 1.29 is 9.59 Å². The lowest BCUT2D eigenvalue weighted by atomic mass is 9.95. The summed E-state index contributed by atoms with van der Waals surface area (Å²) in [6.07, 6.45) is 0. The predicted octanol–water partition coefficient (Wildman–Crippen LogP) is 2.10. The van der Waals surface area contributed by atoms with E-state index in [0.717, 1.165) is 16.6 Å². The molecular weight excluding hydrogens is 332 g/mol. The maximum Gasteiger partial charge on any atom is 0.250 e. The molecule has 3 fully saturated rings. The quantitative estimate of drug-likeness (QED) is 0.844. The molecule has 1 saturated carbocycles. The number of piperazine rings is 1. The fourth-order valence-electron chi connectivity index (χ4n) is 4.15. The molecule has 0 aromatic heterocycles. The largest absolute Gasteiger partial charge is 0.339 e. The molecule has 2 amide bonds. The summed E-state index contributed by atoms with van der Waals surface area (Å²) in [5.41, 5.74) is 1.04. The monoisotopic (exact) mass is 348 g/mol. The molecule has 4 nitrogen and oxygen atoms in total. The summed E-state index contributed by atoms with van der Waals surface area (Å²) in [5, 5.41) is 2.92. The zero-order chi connectivity index (χ0) is 14.9. The van der Waals surface area contributed by atoms with Crippen molar-refractivity contribution in [2.24, 2.45) is 17.3 Å². The lowest BCUT2D eigenvalue weighted by Gasteiger charge is -2.38. The molecule has 5 heteroatoms. The number of halogens is 1. The van der Waals surface area contributed by atoms with Gasteiger partial charge in [0, 0.05) is 11.0 Å². The standard InChI is InChI=1S/C16H17BrN2O2/c1-16(2)10-7-19-13(11(10)16)14(20)18-12(15(19)21)8-3-5-9(17)6-4-8/h3-6,10-13H,7H2,1-2H3,(H,18,20)/t10-,11-,12+,13?/m0/s1. The van der Waals surface area contributed by atoms with Crippen molar-refractivity contribution in [2.75, 3.05) is 6.54 Å². The second kappa shape index (κ2) is 4.09. The van der Waals surface area contributed by atoms with Gasteiger partial charge in [0.15, 0.2) is 0 Å². The van der Waals surface area contributed by atoms with Crippen LogP contribution in [-0.2, 0) is 9.59 Å². The zero-order valence-electron chi connectivity index (χ0n) is 12.0. The molecule has 2 heterocycles. The van der Waals surface area contributed by atoms with E-state index in [1.54, 1.807) is 4.90 Å². The molecule has 3 aliphatic rings. The van der Waals surface area contributed by atoms with Crippen LogP contribution in [0.25, 0.3) is 0 Å². The Labute approximate surface area is 132 Å². The Bertz CT molecular complexity index is 640. The van der Waals surface area contributed by atoms with E-state index in [2.05, 4.69) is 35.1 Å². The molecule has 1 aromatic rings. The molecule has 21 heavy (non-hydrogen) atoms. The first-order valence-electron chi connectivity index (χ1n) is 7.27. The maximum atomic E-state index is 12.7. The second-order valence-electron chi connectivity index (χ2n) is 6.88. The van der Waals surface area contributed by atoms with Crippen molar-refractivity contribution in [3.8, 4) is 0 Å². The van der Waals surface area contributed by atoms with Gasteiger partial charge in [-0.15, -0.1) is 0 Å². The summed E-state index contributed by atoms with van der Waals surface area (Å²) in [6.45, 7) is 5.11. The SMILES string of the molecule is CC1(C)[C@@H]2C3C(=O)N[C@H](c4ccc(Br)cc4)C(=O)N3C[C@@H]21. The van der Waals surface area contributed by atoms with E-state index in [9.17, 15) is 9.59 Å². The highest BCUT2D eigenvalue weighted by Gasteiger charge is 2.70. The number of piperidine rings is 1. The number of nitrogens with one attached hydrogen (secondary N) is 1. The number of rotatable bonds is 1. The van der Waals surface area contributed by atoms with E-state index in [1.807, 2.05) is 24.3 Å². The van der Waals surface area contributed by atoms with Crippen LogP contribution in [0.4, 0.5) is 0 Å². The van der Waals surface area contributed by atoms with E-state index >= 15 is 0 Å².